The normalized spacial score (nSPS) is 18.6. The predicted octanol–water partition coefficient (Wildman–Crippen LogP) is 7.19. The van der Waals surface area contributed by atoms with Gasteiger partial charge in [-0.3, -0.25) is 0 Å². The minimum atomic E-state index is -0.361. The van der Waals surface area contributed by atoms with Crippen molar-refractivity contribution < 1.29 is 9.31 Å². The summed E-state index contributed by atoms with van der Waals surface area (Å²) in [6.07, 6.45) is 9.03. The van der Waals surface area contributed by atoms with Crippen LogP contribution in [-0.2, 0) is 9.31 Å². The highest BCUT2D eigenvalue weighted by Gasteiger charge is 2.51. The van der Waals surface area contributed by atoms with Gasteiger partial charge in [0.25, 0.3) is 0 Å². The summed E-state index contributed by atoms with van der Waals surface area (Å²) in [6.45, 7) is 8.34. The first-order chi connectivity index (χ1) is 16.3. The van der Waals surface area contributed by atoms with Crippen LogP contribution in [0.4, 0.5) is 17.1 Å². The minimum Gasteiger partial charge on any atom is -0.399 e. The third-order valence-corrected chi connectivity index (χ3v) is 7.14. The Morgan fingerprint density at radius 1 is 0.676 bits per heavy atom. The lowest BCUT2D eigenvalue weighted by Crippen LogP contribution is -2.41. The Balaban J connectivity index is 1.45. The van der Waals surface area contributed by atoms with E-state index in [4.69, 9.17) is 9.31 Å². The number of hydrogen-bond donors (Lipinski definition) is 0. The van der Waals surface area contributed by atoms with Gasteiger partial charge in [0.05, 0.1) is 11.2 Å². The Kier molecular flexibility index (Phi) is 5.97. The van der Waals surface area contributed by atoms with Crippen molar-refractivity contribution in [1.82, 2.24) is 0 Å². The molecule has 0 spiro atoms. The third kappa shape index (κ3) is 4.36. The number of nitrogens with zero attached hydrogens (tertiary/aromatic N) is 1. The van der Waals surface area contributed by atoms with Crippen LogP contribution in [0.25, 0.3) is 5.57 Å². The zero-order valence-electron chi connectivity index (χ0n) is 20.5. The monoisotopic (exact) mass is 449 g/mol. The topological polar surface area (TPSA) is 21.7 Å². The van der Waals surface area contributed by atoms with Gasteiger partial charge in [0, 0.05) is 17.1 Å². The zero-order chi connectivity index (χ0) is 23.8. The number of para-hydroxylation sites is 1. The van der Waals surface area contributed by atoms with Crippen molar-refractivity contribution in [2.45, 2.75) is 51.7 Å². The molecule has 34 heavy (non-hydrogen) atoms. The van der Waals surface area contributed by atoms with E-state index in [-0.39, 0.29) is 18.3 Å². The minimum absolute atomic E-state index is 0.350. The molecule has 1 heterocycles. The Morgan fingerprint density at radius 3 is 1.79 bits per heavy atom. The summed E-state index contributed by atoms with van der Waals surface area (Å²) < 4.78 is 12.5. The molecule has 3 aromatic carbocycles. The number of anilines is 3. The van der Waals surface area contributed by atoms with Crippen molar-refractivity contribution in [2.75, 3.05) is 4.90 Å². The van der Waals surface area contributed by atoms with E-state index in [0.717, 1.165) is 35.4 Å². The van der Waals surface area contributed by atoms with Gasteiger partial charge in [0.15, 0.2) is 0 Å². The van der Waals surface area contributed by atoms with E-state index in [2.05, 4.69) is 124 Å². The van der Waals surface area contributed by atoms with Crippen molar-refractivity contribution in [3.63, 3.8) is 0 Å². The zero-order valence-corrected chi connectivity index (χ0v) is 20.5. The van der Waals surface area contributed by atoms with Crippen LogP contribution in [0.1, 0.15) is 46.1 Å². The Labute approximate surface area is 203 Å². The molecule has 2 aliphatic rings. The van der Waals surface area contributed by atoms with Crippen molar-refractivity contribution >= 4 is 35.2 Å². The number of benzene rings is 3. The second kappa shape index (κ2) is 8.94. The maximum atomic E-state index is 6.24. The summed E-state index contributed by atoms with van der Waals surface area (Å²) in [5, 5.41) is 0. The fourth-order valence-electron chi connectivity index (χ4n) is 4.41. The van der Waals surface area contributed by atoms with Gasteiger partial charge < -0.3 is 14.2 Å². The quantitative estimate of drug-likeness (QED) is 0.385. The molecule has 1 fully saturated rings. The second-order valence-corrected chi connectivity index (χ2v) is 10.0. The van der Waals surface area contributed by atoms with Gasteiger partial charge in [-0.2, -0.15) is 0 Å². The van der Waals surface area contributed by atoms with E-state index < -0.39 is 0 Å². The van der Waals surface area contributed by atoms with Crippen LogP contribution in [-0.4, -0.2) is 18.3 Å². The van der Waals surface area contributed by atoms with Crippen LogP contribution < -0.4 is 10.4 Å². The lowest BCUT2D eigenvalue weighted by atomic mass is 9.79. The van der Waals surface area contributed by atoms with Gasteiger partial charge in [-0.15, -0.1) is 0 Å². The summed E-state index contributed by atoms with van der Waals surface area (Å²) >= 11 is 0. The highest BCUT2D eigenvalue weighted by atomic mass is 16.7. The van der Waals surface area contributed by atoms with Gasteiger partial charge in [0.2, 0.25) is 0 Å². The Hall–Kier alpha value is -3.08. The second-order valence-electron chi connectivity index (χ2n) is 10.0. The van der Waals surface area contributed by atoms with E-state index >= 15 is 0 Å². The molecule has 0 aromatic heterocycles. The molecule has 172 valence electrons. The molecule has 0 amide bonds. The molecule has 0 bridgehead atoms. The molecule has 3 nitrogen and oxygen atoms in total. The third-order valence-electron chi connectivity index (χ3n) is 7.14. The van der Waals surface area contributed by atoms with Crippen molar-refractivity contribution in [3.05, 3.63) is 103 Å². The van der Waals surface area contributed by atoms with Crippen molar-refractivity contribution in [3.8, 4) is 0 Å². The first-order valence-electron chi connectivity index (χ1n) is 12.1. The van der Waals surface area contributed by atoms with Crippen LogP contribution in [0.3, 0.4) is 0 Å². The standard InChI is InChI=1S/C30H32BNO2/c1-29(2)30(3,4)34-31(33-29)25-17-21-28(22-18-25)32(26-13-9-6-10-14-26)27-19-15-24(16-20-27)23-11-7-5-8-12-23/h6-7,9-22H,5,8H2,1-4H3. The molecule has 0 saturated carbocycles. The van der Waals surface area contributed by atoms with Crippen molar-refractivity contribution in [1.29, 1.82) is 0 Å². The summed E-state index contributed by atoms with van der Waals surface area (Å²) in [5.41, 5.74) is 6.22. The Bertz CT molecular complexity index is 1180. The molecule has 0 radical (unpaired) electrons. The molecule has 4 heteroatoms. The maximum Gasteiger partial charge on any atom is 0.494 e. The first-order valence-corrected chi connectivity index (χ1v) is 12.1. The Morgan fingerprint density at radius 2 is 1.24 bits per heavy atom. The highest BCUT2D eigenvalue weighted by molar-refractivity contribution is 6.62. The maximum absolute atomic E-state index is 6.24. The molecule has 0 atom stereocenters. The number of allylic oxidation sites excluding steroid dienone is 4. The van der Waals surface area contributed by atoms with E-state index in [1.807, 2.05) is 6.07 Å². The molecular formula is C30H32BNO2. The molecular weight excluding hydrogens is 417 g/mol. The van der Waals surface area contributed by atoms with Crippen LogP contribution in [0, 0.1) is 0 Å². The lowest BCUT2D eigenvalue weighted by molar-refractivity contribution is 0.00578. The average Bonchev–Trinajstić information content (AvgIpc) is 3.08. The fraction of sp³-hybridized carbons (Fsp3) is 0.267. The first kappa shape index (κ1) is 22.7. The molecule has 3 aromatic rings. The molecule has 1 aliphatic carbocycles. The van der Waals surface area contributed by atoms with Crippen LogP contribution in [0.2, 0.25) is 0 Å². The smallest absolute Gasteiger partial charge is 0.399 e. The molecule has 0 N–H and O–H groups in total. The van der Waals surface area contributed by atoms with E-state index in [1.54, 1.807) is 0 Å². The van der Waals surface area contributed by atoms with Gasteiger partial charge in [0.1, 0.15) is 0 Å². The molecule has 1 saturated heterocycles. The predicted molar refractivity (Wildman–Crippen MR) is 143 cm³/mol. The van der Waals surface area contributed by atoms with Gasteiger partial charge in [-0.25, -0.2) is 0 Å². The number of hydrogen-bond acceptors (Lipinski definition) is 3. The van der Waals surface area contributed by atoms with Crippen molar-refractivity contribution in [2.24, 2.45) is 0 Å². The van der Waals surface area contributed by atoms with Gasteiger partial charge in [-0.1, -0.05) is 60.7 Å². The van der Waals surface area contributed by atoms with Crippen LogP contribution >= 0.6 is 0 Å². The lowest BCUT2D eigenvalue weighted by Gasteiger charge is -2.32. The van der Waals surface area contributed by atoms with Crippen LogP contribution in [0.15, 0.2) is 97.1 Å². The van der Waals surface area contributed by atoms with E-state index in [9.17, 15) is 0 Å². The van der Waals surface area contributed by atoms with Gasteiger partial charge >= 0.3 is 7.12 Å². The summed E-state index contributed by atoms with van der Waals surface area (Å²) in [5.74, 6) is 0. The van der Waals surface area contributed by atoms with Gasteiger partial charge in [-0.05, 0) is 93.5 Å². The number of rotatable bonds is 5. The van der Waals surface area contributed by atoms with E-state index in [1.165, 1.54) is 11.1 Å². The molecule has 1 aliphatic heterocycles. The summed E-state index contributed by atoms with van der Waals surface area (Å²) in [4.78, 5) is 2.28. The molecule has 5 rings (SSSR count). The fourth-order valence-corrected chi connectivity index (χ4v) is 4.41. The average molecular weight is 449 g/mol. The molecule has 0 unspecified atom stereocenters. The van der Waals surface area contributed by atoms with E-state index in [0.29, 0.717) is 0 Å². The summed E-state index contributed by atoms with van der Waals surface area (Å²) in [7, 11) is -0.361. The SMILES string of the molecule is CC1(C)OB(c2ccc(N(c3ccccc3)c3ccc(C4=CCCC=C4)cc3)cc2)OC1(C)C. The van der Waals surface area contributed by atoms with Crippen LogP contribution in [0.5, 0.6) is 0 Å². The highest BCUT2D eigenvalue weighted by Crippen LogP contribution is 2.38. The summed E-state index contributed by atoms with van der Waals surface area (Å²) in [6, 6.07) is 27.8. The largest absolute Gasteiger partial charge is 0.494 e.